The van der Waals surface area contributed by atoms with Crippen molar-refractivity contribution in [2.24, 2.45) is 5.92 Å². The third-order valence-electron chi connectivity index (χ3n) is 3.84. The van der Waals surface area contributed by atoms with Crippen molar-refractivity contribution in [1.29, 1.82) is 0 Å². The summed E-state index contributed by atoms with van der Waals surface area (Å²) in [5.41, 5.74) is 0. The molecule has 2 fully saturated rings. The molecule has 0 unspecified atom stereocenters. The Morgan fingerprint density at radius 3 is 2.38 bits per heavy atom. The van der Waals surface area contributed by atoms with Crippen LogP contribution in [0, 0.1) is 5.92 Å². The summed E-state index contributed by atoms with van der Waals surface area (Å²) in [6.07, 6.45) is 5.65. The molecule has 16 heavy (non-hydrogen) atoms. The van der Waals surface area contributed by atoms with Crippen molar-refractivity contribution >= 4 is 5.97 Å². The summed E-state index contributed by atoms with van der Waals surface area (Å²) < 4.78 is 4.71. The van der Waals surface area contributed by atoms with E-state index in [1.165, 1.54) is 7.11 Å². The lowest BCUT2D eigenvalue weighted by atomic mass is 9.79. The molecular weight excluding hydrogens is 206 g/mol. The minimum Gasteiger partial charge on any atom is -0.469 e. The number of methoxy groups -OCH3 is 1. The van der Waals surface area contributed by atoms with E-state index in [9.17, 15) is 9.90 Å². The number of hydrogen-bond acceptors (Lipinski definition) is 4. The molecule has 4 nitrogen and oxygen atoms in total. The fourth-order valence-corrected chi connectivity index (χ4v) is 2.69. The molecule has 0 aromatic heterocycles. The lowest BCUT2D eigenvalue weighted by molar-refractivity contribution is -0.149. The minimum absolute atomic E-state index is 0.0721. The molecule has 0 saturated heterocycles. The van der Waals surface area contributed by atoms with E-state index < -0.39 is 0 Å². The molecule has 0 aromatic carbocycles. The van der Waals surface area contributed by atoms with Gasteiger partial charge in [0.05, 0.1) is 19.1 Å². The van der Waals surface area contributed by atoms with E-state index in [2.05, 4.69) is 5.32 Å². The van der Waals surface area contributed by atoms with Gasteiger partial charge in [-0.3, -0.25) is 4.79 Å². The zero-order valence-electron chi connectivity index (χ0n) is 9.82. The van der Waals surface area contributed by atoms with Crippen LogP contribution in [0.2, 0.25) is 0 Å². The highest BCUT2D eigenvalue weighted by molar-refractivity contribution is 5.73. The Morgan fingerprint density at radius 1 is 1.19 bits per heavy atom. The van der Waals surface area contributed by atoms with E-state index in [0.29, 0.717) is 12.1 Å². The maximum Gasteiger partial charge on any atom is 0.308 e. The molecule has 4 heteroatoms. The predicted molar refractivity (Wildman–Crippen MR) is 59.9 cm³/mol. The van der Waals surface area contributed by atoms with Gasteiger partial charge in [-0.25, -0.2) is 0 Å². The summed E-state index contributed by atoms with van der Waals surface area (Å²) in [6.45, 7) is 0. The van der Waals surface area contributed by atoms with Crippen LogP contribution in [0.3, 0.4) is 0 Å². The average Bonchev–Trinajstić information content (AvgIpc) is 2.24. The first-order valence-corrected chi connectivity index (χ1v) is 6.21. The number of carbonyl (C=O) groups is 1. The van der Waals surface area contributed by atoms with Crippen molar-refractivity contribution in [1.82, 2.24) is 5.32 Å². The van der Waals surface area contributed by atoms with Crippen molar-refractivity contribution in [3.8, 4) is 0 Å². The summed E-state index contributed by atoms with van der Waals surface area (Å²) in [4.78, 5) is 11.2. The molecule has 0 atom stereocenters. The van der Waals surface area contributed by atoms with Gasteiger partial charge in [0.15, 0.2) is 0 Å². The van der Waals surface area contributed by atoms with E-state index in [4.69, 9.17) is 4.74 Å². The lowest BCUT2D eigenvalue weighted by Gasteiger charge is -2.38. The standard InChI is InChI=1S/C12H21NO3/c1-16-12(15)8-6-10(7-8)13-9-2-4-11(14)5-3-9/h8-11,13-14H,2-7H2,1H3/t8?,9-,10?,11-. The third-order valence-corrected chi connectivity index (χ3v) is 3.84. The van der Waals surface area contributed by atoms with Crippen molar-refractivity contribution in [3.05, 3.63) is 0 Å². The summed E-state index contributed by atoms with van der Waals surface area (Å²) in [5, 5.41) is 13.0. The summed E-state index contributed by atoms with van der Waals surface area (Å²) in [5.74, 6) is 0.0359. The smallest absolute Gasteiger partial charge is 0.308 e. The molecule has 2 rings (SSSR count). The summed E-state index contributed by atoms with van der Waals surface area (Å²) in [6, 6.07) is 1.01. The number of aliphatic hydroxyl groups excluding tert-OH is 1. The Labute approximate surface area is 96.4 Å². The van der Waals surface area contributed by atoms with Gasteiger partial charge in [0.1, 0.15) is 0 Å². The van der Waals surface area contributed by atoms with Crippen LogP contribution in [-0.2, 0) is 9.53 Å². The first kappa shape index (κ1) is 11.9. The molecule has 0 radical (unpaired) electrons. The quantitative estimate of drug-likeness (QED) is 0.701. The fraction of sp³-hybridized carbons (Fsp3) is 0.917. The molecule has 92 valence electrons. The number of hydrogen-bond donors (Lipinski definition) is 2. The highest BCUT2D eigenvalue weighted by atomic mass is 16.5. The Kier molecular flexibility index (Phi) is 3.82. The van der Waals surface area contributed by atoms with Crippen molar-refractivity contribution < 1.29 is 14.6 Å². The largest absolute Gasteiger partial charge is 0.469 e. The van der Waals surface area contributed by atoms with Gasteiger partial charge in [0.25, 0.3) is 0 Å². The normalized spacial score (nSPS) is 38.9. The van der Waals surface area contributed by atoms with Gasteiger partial charge in [-0.1, -0.05) is 0 Å². The molecule has 0 aromatic rings. The van der Waals surface area contributed by atoms with Gasteiger partial charge >= 0.3 is 5.97 Å². The highest BCUT2D eigenvalue weighted by Gasteiger charge is 2.36. The monoisotopic (exact) mass is 227 g/mol. The highest BCUT2D eigenvalue weighted by Crippen LogP contribution is 2.30. The Bertz CT molecular complexity index is 243. The summed E-state index contributed by atoms with van der Waals surface area (Å²) in [7, 11) is 1.45. The van der Waals surface area contributed by atoms with Crippen molar-refractivity contribution in [3.63, 3.8) is 0 Å². The molecule has 0 aliphatic heterocycles. The van der Waals surface area contributed by atoms with Crippen LogP contribution < -0.4 is 5.32 Å². The number of nitrogens with one attached hydrogen (secondary N) is 1. The SMILES string of the molecule is COC(=O)C1CC(N[C@H]2CC[C@H](O)CC2)C1. The van der Waals surface area contributed by atoms with Gasteiger partial charge < -0.3 is 15.2 Å². The summed E-state index contributed by atoms with van der Waals surface area (Å²) >= 11 is 0. The second-order valence-electron chi connectivity index (χ2n) is 5.06. The third kappa shape index (κ3) is 2.74. The molecule has 0 amide bonds. The predicted octanol–water partition coefficient (Wildman–Crippen LogP) is 0.831. The van der Waals surface area contributed by atoms with Crippen LogP contribution in [0.5, 0.6) is 0 Å². The number of rotatable bonds is 3. The van der Waals surface area contributed by atoms with Gasteiger partial charge in [0, 0.05) is 12.1 Å². The Balaban J connectivity index is 1.64. The van der Waals surface area contributed by atoms with Crippen molar-refractivity contribution in [2.75, 3.05) is 7.11 Å². The van der Waals surface area contributed by atoms with Crippen LogP contribution >= 0.6 is 0 Å². The average molecular weight is 227 g/mol. The molecule has 2 N–H and O–H groups in total. The molecule has 2 saturated carbocycles. The second kappa shape index (κ2) is 5.15. The van der Waals surface area contributed by atoms with E-state index in [1.807, 2.05) is 0 Å². The van der Waals surface area contributed by atoms with Crippen LogP contribution in [0.1, 0.15) is 38.5 Å². The van der Waals surface area contributed by atoms with Gasteiger partial charge in [-0.2, -0.15) is 0 Å². The minimum atomic E-state index is -0.0951. The van der Waals surface area contributed by atoms with Gasteiger partial charge in [-0.05, 0) is 38.5 Å². The Hall–Kier alpha value is -0.610. The van der Waals surface area contributed by atoms with E-state index in [-0.39, 0.29) is 18.0 Å². The zero-order valence-corrected chi connectivity index (χ0v) is 9.82. The zero-order chi connectivity index (χ0) is 11.5. The fourth-order valence-electron chi connectivity index (χ4n) is 2.69. The topological polar surface area (TPSA) is 58.6 Å². The number of ether oxygens (including phenoxy) is 1. The number of esters is 1. The molecular formula is C12H21NO3. The van der Waals surface area contributed by atoms with Crippen LogP contribution in [0.15, 0.2) is 0 Å². The first-order chi connectivity index (χ1) is 7.69. The van der Waals surface area contributed by atoms with Crippen LogP contribution in [0.25, 0.3) is 0 Å². The molecule has 0 spiro atoms. The van der Waals surface area contributed by atoms with E-state index in [0.717, 1.165) is 38.5 Å². The second-order valence-corrected chi connectivity index (χ2v) is 5.06. The lowest BCUT2D eigenvalue weighted by Crippen LogP contribution is -2.49. The number of aliphatic hydroxyl groups is 1. The maximum absolute atomic E-state index is 11.2. The molecule has 2 aliphatic carbocycles. The van der Waals surface area contributed by atoms with Crippen LogP contribution in [0.4, 0.5) is 0 Å². The molecule has 0 bridgehead atoms. The first-order valence-electron chi connectivity index (χ1n) is 6.21. The molecule has 0 heterocycles. The Morgan fingerprint density at radius 2 is 1.81 bits per heavy atom. The van der Waals surface area contributed by atoms with Gasteiger partial charge in [-0.15, -0.1) is 0 Å². The maximum atomic E-state index is 11.2. The van der Waals surface area contributed by atoms with E-state index in [1.54, 1.807) is 0 Å². The molecule has 2 aliphatic rings. The van der Waals surface area contributed by atoms with Gasteiger partial charge in [0.2, 0.25) is 0 Å². The van der Waals surface area contributed by atoms with Crippen molar-refractivity contribution in [2.45, 2.75) is 56.7 Å². The number of carbonyl (C=O) groups excluding carboxylic acids is 1. The van der Waals surface area contributed by atoms with E-state index >= 15 is 0 Å². The van der Waals surface area contributed by atoms with Crippen LogP contribution in [-0.4, -0.2) is 36.4 Å².